The van der Waals surface area contributed by atoms with Crippen LogP contribution in [0.3, 0.4) is 0 Å². The number of aliphatic hydroxyl groups is 1. The van der Waals surface area contributed by atoms with Crippen LogP contribution in [0, 0.1) is 0 Å². The van der Waals surface area contributed by atoms with Crippen LogP contribution in [0.25, 0.3) is 5.76 Å². The minimum atomic E-state index is -0.759. The second-order valence-corrected chi connectivity index (χ2v) is 9.91. The van der Waals surface area contributed by atoms with Crippen molar-refractivity contribution in [3.8, 4) is 5.75 Å². The predicted octanol–water partition coefficient (Wildman–Crippen LogP) is 5.87. The quantitative estimate of drug-likeness (QED) is 0.199. The summed E-state index contributed by atoms with van der Waals surface area (Å²) in [7, 11) is 0. The van der Waals surface area contributed by atoms with Crippen LogP contribution >= 0.6 is 15.9 Å². The first-order valence-corrected chi connectivity index (χ1v) is 13.2. The summed E-state index contributed by atoms with van der Waals surface area (Å²) in [6.07, 6.45) is 5.24. The van der Waals surface area contributed by atoms with Gasteiger partial charge >= 0.3 is 0 Å². The highest BCUT2D eigenvalue weighted by Gasteiger charge is 2.45. The molecule has 6 nitrogen and oxygen atoms in total. The number of carbonyl (C=O) groups is 2. The van der Waals surface area contributed by atoms with Gasteiger partial charge in [0.05, 0.1) is 11.6 Å². The van der Waals surface area contributed by atoms with Gasteiger partial charge in [0.15, 0.2) is 0 Å². The number of unbranched alkanes of at least 4 members (excludes halogenated alkanes) is 2. The summed E-state index contributed by atoms with van der Waals surface area (Å²) in [5.41, 5.74) is 1.11. The number of aliphatic hydroxyl groups excluding tert-OH is 1. The molecular weight excluding hydrogens is 508 g/mol. The summed E-state index contributed by atoms with van der Waals surface area (Å²) < 4.78 is 0.842. The Kier molecular flexibility index (Phi) is 9.93. The summed E-state index contributed by atoms with van der Waals surface area (Å²) in [5, 5.41) is 21.2. The number of hydrogen-bond donors (Lipinski definition) is 2. The molecule has 1 amide bonds. The molecule has 2 aromatic rings. The Balaban J connectivity index is 1.91. The number of benzene rings is 2. The first-order chi connectivity index (χ1) is 16.9. The lowest BCUT2D eigenvalue weighted by Crippen LogP contribution is -2.34. The maximum Gasteiger partial charge on any atom is 0.295 e. The Morgan fingerprint density at radius 3 is 2.20 bits per heavy atom. The molecule has 0 bridgehead atoms. The summed E-state index contributed by atoms with van der Waals surface area (Å²) >= 11 is 3.38. The van der Waals surface area contributed by atoms with Crippen molar-refractivity contribution in [2.45, 2.75) is 52.0 Å². The van der Waals surface area contributed by atoms with Crippen LogP contribution in [-0.4, -0.2) is 57.9 Å². The number of Topliss-reactive ketones (excluding diaryl/α,β-unsaturated/α-hetero) is 1. The number of phenols is 1. The molecule has 2 aromatic carbocycles. The third-order valence-electron chi connectivity index (χ3n) is 6.37. The zero-order chi connectivity index (χ0) is 25.4. The SMILES string of the molecule is CCCCN(CCCC)CCCN1C(=O)C(=O)C(=C(O)c2ccc(Br)cc2)[C@H]1c1cccc(O)c1. The number of carbonyl (C=O) groups excluding carboxylic acids is 2. The Labute approximate surface area is 216 Å². The van der Waals surface area contributed by atoms with Crippen LogP contribution < -0.4 is 0 Å². The Morgan fingerprint density at radius 1 is 0.971 bits per heavy atom. The molecule has 0 radical (unpaired) electrons. The third kappa shape index (κ3) is 6.73. The Morgan fingerprint density at radius 2 is 1.60 bits per heavy atom. The van der Waals surface area contributed by atoms with E-state index < -0.39 is 17.7 Å². The maximum absolute atomic E-state index is 13.2. The van der Waals surface area contributed by atoms with Crippen LogP contribution in [0.4, 0.5) is 0 Å². The van der Waals surface area contributed by atoms with Gasteiger partial charge in [-0.3, -0.25) is 9.59 Å². The molecule has 0 spiro atoms. The van der Waals surface area contributed by atoms with E-state index in [9.17, 15) is 19.8 Å². The van der Waals surface area contributed by atoms with Crippen molar-refractivity contribution in [3.05, 3.63) is 69.7 Å². The number of nitrogens with zero attached hydrogens (tertiary/aromatic N) is 2. The lowest BCUT2D eigenvalue weighted by atomic mass is 9.95. The molecule has 2 N–H and O–H groups in total. The molecule has 188 valence electrons. The van der Waals surface area contributed by atoms with E-state index in [1.165, 1.54) is 0 Å². The molecule has 0 aromatic heterocycles. The molecule has 1 aliphatic heterocycles. The monoisotopic (exact) mass is 542 g/mol. The average molecular weight is 544 g/mol. The summed E-state index contributed by atoms with van der Waals surface area (Å²) in [5.74, 6) is -1.49. The first-order valence-electron chi connectivity index (χ1n) is 12.4. The molecule has 35 heavy (non-hydrogen) atoms. The first kappa shape index (κ1) is 27.0. The van der Waals surface area contributed by atoms with E-state index in [4.69, 9.17) is 0 Å². The largest absolute Gasteiger partial charge is 0.508 e. The van der Waals surface area contributed by atoms with Gasteiger partial charge in [0.2, 0.25) is 0 Å². The lowest BCUT2D eigenvalue weighted by Gasteiger charge is -2.27. The van der Waals surface area contributed by atoms with Gasteiger partial charge in [-0.1, -0.05) is 66.9 Å². The molecule has 1 fully saturated rings. The van der Waals surface area contributed by atoms with Crippen molar-refractivity contribution in [1.29, 1.82) is 0 Å². The maximum atomic E-state index is 13.2. The number of amides is 1. The van der Waals surface area contributed by atoms with Gasteiger partial charge < -0.3 is 20.0 Å². The molecule has 7 heteroatoms. The number of rotatable bonds is 12. The van der Waals surface area contributed by atoms with Gasteiger partial charge in [-0.15, -0.1) is 0 Å². The van der Waals surface area contributed by atoms with Gasteiger partial charge in [0, 0.05) is 16.6 Å². The number of ketones is 1. The van der Waals surface area contributed by atoms with E-state index >= 15 is 0 Å². The number of hydrogen-bond acceptors (Lipinski definition) is 5. The number of likely N-dealkylation sites (tertiary alicyclic amines) is 1. The number of halogens is 1. The van der Waals surface area contributed by atoms with Gasteiger partial charge in [-0.05, 0) is 68.7 Å². The standard InChI is InChI=1S/C28H35BrN2O4/c1-3-5-15-30(16-6-4-2)17-8-18-31-25(21-9-7-10-23(32)19-21)24(27(34)28(31)35)26(33)20-11-13-22(29)14-12-20/h7,9-14,19,25,32-33H,3-6,8,15-18H2,1-2H3/t25-/m1/s1. The smallest absolute Gasteiger partial charge is 0.295 e. The van der Waals surface area contributed by atoms with Crippen molar-refractivity contribution in [2.24, 2.45) is 0 Å². The number of phenolic OH excluding ortho intramolecular Hbond substituents is 1. The van der Waals surface area contributed by atoms with Gasteiger partial charge in [0.25, 0.3) is 11.7 Å². The fraction of sp³-hybridized carbons (Fsp3) is 0.429. The lowest BCUT2D eigenvalue weighted by molar-refractivity contribution is -0.140. The van der Waals surface area contributed by atoms with E-state index in [0.29, 0.717) is 24.1 Å². The van der Waals surface area contributed by atoms with E-state index in [-0.39, 0.29) is 17.1 Å². The fourth-order valence-electron chi connectivity index (χ4n) is 4.48. The second-order valence-electron chi connectivity index (χ2n) is 9.00. The summed E-state index contributed by atoms with van der Waals surface area (Å²) in [4.78, 5) is 30.3. The summed E-state index contributed by atoms with van der Waals surface area (Å²) in [6, 6.07) is 12.7. The van der Waals surface area contributed by atoms with Crippen molar-refractivity contribution >= 4 is 33.4 Å². The van der Waals surface area contributed by atoms with E-state index in [0.717, 1.165) is 49.8 Å². The third-order valence-corrected chi connectivity index (χ3v) is 6.90. The molecule has 1 aliphatic rings. The highest BCUT2D eigenvalue weighted by atomic mass is 79.9. The average Bonchev–Trinajstić information content (AvgIpc) is 3.10. The molecule has 0 saturated carbocycles. The van der Waals surface area contributed by atoms with Crippen LogP contribution in [-0.2, 0) is 9.59 Å². The molecule has 1 atom stereocenters. The highest BCUT2D eigenvalue weighted by molar-refractivity contribution is 9.10. The fourth-order valence-corrected chi connectivity index (χ4v) is 4.74. The van der Waals surface area contributed by atoms with E-state index in [1.54, 1.807) is 53.4 Å². The molecule has 0 aliphatic carbocycles. The van der Waals surface area contributed by atoms with Gasteiger partial charge in [-0.2, -0.15) is 0 Å². The minimum Gasteiger partial charge on any atom is -0.508 e. The van der Waals surface area contributed by atoms with Gasteiger partial charge in [-0.25, -0.2) is 0 Å². The molecule has 1 saturated heterocycles. The van der Waals surface area contributed by atoms with E-state index in [2.05, 4.69) is 34.7 Å². The second kappa shape index (κ2) is 12.9. The highest BCUT2D eigenvalue weighted by Crippen LogP contribution is 2.40. The van der Waals surface area contributed by atoms with Crippen molar-refractivity contribution in [3.63, 3.8) is 0 Å². The topological polar surface area (TPSA) is 81.1 Å². The van der Waals surface area contributed by atoms with E-state index in [1.807, 2.05) is 0 Å². The molecule has 3 rings (SSSR count). The van der Waals surface area contributed by atoms with Crippen LogP contribution in [0.15, 0.2) is 58.6 Å². The van der Waals surface area contributed by atoms with Crippen LogP contribution in [0.1, 0.15) is 63.1 Å². The van der Waals surface area contributed by atoms with Crippen molar-refractivity contribution in [2.75, 3.05) is 26.2 Å². The van der Waals surface area contributed by atoms with Crippen molar-refractivity contribution < 1.29 is 19.8 Å². The number of aromatic hydroxyl groups is 1. The van der Waals surface area contributed by atoms with Gasteiger partial charge in [0.1, 0.15) is 11.5 Å². The molecule has 1 heterocycles. The minimum absolute atomic E-state index is 0.0436. The van der Waals surface area contributed by atoms with Crippen LogP contribution in [0.5, 0.6) is 5.75 Å². The molecular formula is C28H35BrN2O4. The molecule has 0 unspecified atom stereocenters. The Bertz CT molecular complexity index is 1040. The predicted molar refractivity (Wildman–Crippen MR) is 142 cm³/mol. The van der Waals surface area contributed by atoms with Crippen molar-refractivity contribution in [1.82, 2.24) is 9.80 Å². The zero-order valence-corrected chi connectivity index (χ0v) is 22.1. The summed E-state index contributed by atoms with van der Waals surface area (Å²) in [6.45, 7) is 7.62. The Hall–Kier alpha value is -2.64. The normalized spacial score (nSPS) is 17.5. The zero-order valence-electron chi connectivity index (χ0n) is 20.5. The van der Waals surface area contributed by atoms with Crippen LogP contribution in [0.2, 0.25) is 0 Å².